The molecule has 0 aromatic rings. The summed E-state index contributed by atoms with van der Waals surface area (Å²) in [5, 5.41) is 0. The zero-order valence-electron chi connectivity index (χ0n) is 11.6. The van der Waals surface area contributed by atoms with Crippen LogP contribution in [0.2, 0.25) is 0 Å². The first-order valence-corrected chi connectivity index (χ1v) is 6.27. The molecule has 0 bridgehead atoms. The molecule has 102 valence electrons. The van der Waals surface area contributed by atoms with Crippen molar-refractivity contribution in [1.82, 2.24) is 0 Å². The molecule has 4 nitrogen and oxygen atoms in total. The maximum absolute atomic E-state index is 11.9. The first-order chi connectivity index (χ1) is 8.25. The molecule has 1 saturated carbocycles. The van der Waals surface area contributed by atoms with Crippen LogP contribution in [0.1, 0.15) is 40.5 Å². The highest BCUT2D eigenvalue weighted by molar-refractivity contribution is 5.87. The monoisotopic (exact) mass is 254 g/mol. The third kappa shape index (κ3) is 3.34. The van der Waals surface area contributed by atoms with E-state index < -0.39 is 11.0 Å². The maximum atomic E-state index is 11.9. The van der Waals surface area contributed by atoms with E-state index in [0.29, 0.717) is 13.0 Å². The molecule has 1 aliphatic rings. The van der Waals surface area contributed by atoms with Crippen LogP contribution in [0.5, 0.6) is 0 Å². The van der Waals surface area contributed by atoms with E-state index in [9.17, 15) is 9.59 Å². The lowest BCUT2D eigenvalue weighted by molar-refractivity contribution is -0.163. The summed E-state index contributed by atoms with van der Waals surface area (Å²) in [6, 6.07) is 0. The summed E-state index contributed by atoms with van der Waals surface area (Å²) in [7, 11) is 0. The summed E-state index contributed by atoms with van der Waals surface area (Å²) in [4.78, 5) is 23.7. The van der Waals surface area contributed by atoms with Gasteiger partial charge in [-0.15, -0.1) is 6.58 Å². The number of hydrogen-bond donors (Lipinski definition) is 0. The van der Waals surface area contributed by atoms with E-state index >= 15 is 0 Å². The minimum atomic E-state index is -0.736. The molecule has 0 N–H and O–H groups in total. The molecule has 2 atom stereocenters. The number of ether oxygens (including phenoxy) is 2. The Morgan fingerprint density at radius 3 is 2.44 bits per heavy atom. The minimum Gasteiger partial charge on any atom is -0.466 e. The van der Waals surface area contributed by atoms with Crippen LogP contribution in [-0.2, 0) is 19.1 Å². The molecular formula is C14H22O4. The third-order valence-corrected chi connectivity index (χ3v) is 2.98. The van der Waals surface area contributed by atoms with Gasteiger partial charge in [0, 0.05) is 0 Å². The van der Waals surface area contributed by atoms with Gasteiger partial charge >= 0.3 is 11.9 Å². The molecule has 0 unspecified atom stereocenters. The molecule has 1 aliphatic carbocycles. The summed E-state index contributed by atoms with van der Waals surface area (Å²) in [6.45, 7) is 11.2. The molecule has 0 amide bonds. The summed E-state index contributed by atoms with van der Waals surface area (Å²) in [5.41, 5.74) is -1.27. The fourth-order valence-electron chi connectivity index (χ4n) is 2.06. The Kier molecular flexibility index (Phi) is 4.20. The third-order valence-electron chi connectivity index (χ3n) is 2.98. The summed E-state index contributed by atoms with van der Waals surface area (Å²) < 4.78 is 10.3. The lowest BCUT2D eigenvalue weighted by atomic mass is 9.99. The van der Waals surface area contributed by atoms with Gasteiger partial charge in [0.25, 0.3) is 0 Å². The summed E-state index contributed by atoms with van der Waals surface area (Å²) in [5.74, 6) is -0.662. The molecule has 0 aromatic carbocycles. The number of carbonyl (C=O) groups is 2. The fraction of sp³-hybridized carbons (Fsp3) is 0.714. The molecule has 0 radical (unpaired) electrons. The van der Waals surface area contributed by atoms with Gasteiger partial charge in [0.1, 0.15) is 5.60 Å². The number of carbonyl (C=O) groups excluding carboxylic acids is 2. The largest absolute Gasteiger partial charge is 0.466 e. The van der Waals surface area contributed by atoms with E-state index in [2.05, 4.69) is 6.58 Å². The average Bonchev–Trinajstić information content (AvgIpc) is 2.90. The van der Waals surface area contributed by atoms with E-state index in [0.717, 1.165) is 0 Å². The topological polar surface area (TPSA) is 52.6 Å². The van der Waals surface area contributed by atoms with E-state index in [4.69, 9.17) is 9.47 Å². The molecule has 0 heterocycles. The Bertz CT molecular complexity index is 353. The molecular weight excluding hydrogens is 232 g/mol. The van der Waals surface area contributed by atoms with Crippen LogP contribution >= 0.6 is 0 Å². The number of rotatable bonds is 5. The average molecular weight is 254 g/mol. The van der Waals surface area contributed by atoms with E-state index in [1.165, 1.54) is 0 Å². The summed E-state index contributed by atoms with van der Waals surface area (Å²) >= 11 is 0. The van der Waals surface area contributed by atoms with Crippen LogP contribution < -0.4 is 0 Å². The molecule has 0 aromatic heterocycles. The summed E-state index contributed by atoms with van der Waals surface area (Å²) in [6.07, 6.45) is 2.40. The fourth-order valence-corrected chi connectivity index (χ4v) is 2.06. The lowest BCUT2D eigenvalue weighted by Crippen LogP contribution is -2.29. The van der Waals surface area contributed by atoms with Gasteiger partial charge in [-0.2, -0.15) is 0 Å². The predicted octanol–water partition coefficient (Wildman–Crippen LogP) is 2.47. The molecule has 18 heavy (non-hydrogen) atoms. The van der Waals surface area contributed by atoms with Crippen molar-refractivity contribution in [2.24, 2.45) is 11.3 Å². The van der Waals surface area contributed by atoms with Gasteiger partial charge in [0.2, 0.25) is 0 Å². The second-order valence-electron chi connectivity index (χ2n) is 5.69. The van der Waals surface area contributed by atoms with Gasteiger partial charge in [-0.1, -0.05) is 6.08 Å². The molecule has 1 rings (SSSR count). The van der Waals surface area contributed by atoms with Crippen LogP contribution in [0.25, 0.3) is 0 Å². The van der Waals surface area contributed by atoms with Crippen LogP contribution in [0.15, 0.2) is 12.7 Å². The highest BCUT2D eigenvalue weighted by atomic mass is 16.6. The quantitative estimate of drug-likeness (QED) is 0.558. The SMILES string of the molecule is C=C[C@@H]1C[C@]1(CC(=O)OC(C)(C)C)C(=O)OCC. The zero-order valence-corrected chi connectivity index (χ0v) is 11.6. The highest BCUT2D eigenvalue weighted by Crippen LogP contribution is 2.57. The molecule has 0 aliphatic heterocycles. The van der Waals surface area contributed by atoms with Gasteiger partial charge in [-0.05, 0) is 40.0 Å². The van der Waals surface area contributed by atoms with Crippen molar-refractivity contribution < 1.29 is 19.1 Å². The lowest BCUT2D eigenvalue weighted by Gasteiger charge is -2.21. The van der Waals surface area contributed by atoms with Crippen molar-refractivity contribution in [1.29, 1.82) is 0 Å². The molecule has 0 spiro atoms. The van der Waals surface area contributed by atoms with Crippen molar-refractivity contribution in [3.63, 3.8) is 0 Å². The first kappa shape index (κ1) is 14.7. The smallest absolute Gasteiger partial charge is 0.313 e. The Balaban J connectivity index is 2.68. The van der Waals surface area contributed by atoms with Crippen LogP contribution in [0.4, 0.5) is 0 Å². The van der Waals surface area contributed by atoms with Gasteiger partial charge < -0.3 is 9.47 Å². The Hall–Kier alpha value is -1.32. The number of esters is 2. The highest BCUT2D eigenvalue weighted by Gasteiger charge is 2.61. The van der Waals surface area contributed by atoms with Crippen molar-refractivity contribution >= 4 is 11.9 Å². The Labute approximate surface area is 108 Å². The minimum absolute atomic E-state index is 0.0177. The Morgan fingerprint density at radius 2 is 2.06 bits per heavy atom. The second-order valence-corrected chi connectivity index (χ2v) is 5.69. The molecule has 4 heteroatoms. The first-order valence-electron chi connectivity index (χ1n) is 6.27. The van der Waals surface area contributed by atoms with Crippen LogP contribution in [0, 0.1) is 11.3 Å². The van der Waals surface area contributed by atoms with Gasteiger partial charge in [-0.25, -0.2) is 0 Å². The van der Waals surface area contributed by atoms with Gasteiger partial charge in [-0.3, -0.25) is 9.59 Å². The molecule has 1 fully saturated rings. The normalized spacial score (nSPS) is 26.3. The van der Waals surface area contributed by atoms with Crippen LogP contribution in [0.3, 0.4) is 0 Å². The van der Waals surface area contributed by atoms with Crippen molar-refractivity contribution in [3.05, 3.63) is 12.7 Å². The number of hydrogen-bond acceptors (Lipinski definition) is 4. The van der Waals surface area contributed by atoms with Crippen molar-refractivity contribution in [3.8, 4) is 0 Å². The maximum Gasteiger partial charge on any atom is 0.313 e. The molecule has 0 saturated heterocycles. The van der Waals surface area contributed by atoms with Gasteiger partial charge in [0.05, 0.1) is 18.4 Å². The standard InChI is InChI=1S/C14H22O4/c1-6-10-8-14(10,12(16)17-7-2)9-11(15)18-13(3,4)5/h6,10H,1,7-9H2,2-5H3/t10-,14-/m1/s1. The zero-order chi connectivity index (χ0) is 14.0. The van der Waals surface area contributed by atoms with Crippen molar-refractivity contribution in [2.75, 3.05) is 6.61 Å². The van der Waals surface area contributed by atoms with E-state index in [-0.39, 0.29) is 24.3 Å². The van der Waals surface area contributed by atoms with Crippen LogP contribution in [-0.4, -0.2) is 24.1 Å². The number of allylic oxidation sites excluding steroid dienone is 1. The Morgan fingerprint density at radius 1 is 1.44 bits per heavy atom. The van der Waals surface area contributed by atoms with Crippen molar-refractivity contribution in [2.45, 2.75) is 46.1 Å². The van der Waals surface area contributed by atoms with E-state index in [1.807, 2.05) is 0 Å². The van der Waals surface area contributed by atoms with E-state index in [1.54, 1.807) is 33.8 Å². The predicted molar refractivity (Wildman–Crippen MR) is 67.8 cm³/mol. The van der Waals surface area contributed by atoms with Gasteiger partial charge in [0.15, 0.2) is 0 Å². The second kappa shape index (κ2) is 5.12.